The standard InChI is InChI=1S/C15H21F3N2O2S/c1-7(2)13(3)11(21)20-12(23-13)19-10-5-8-4-9(10)14(22,6-8)15(16,17)18/h7-10,22H,4-6H2,1-3H3,(H,19,20,21). The van der Waals surface area contributed by atoms with Gasteiger partial charge in [0.25, 0.3) is 5.91 Å². The van der Waals surface area contributed by atoms with E-state index in [4.69, 9.17) is 0 Å². The Morgan fingerprint density at radius 2 is 2.04 bits per heavy atom. The van der Waals surface area contributed by atoms with Crippen LogP contribution in [0.4, 0.5) is 13.2 Å². The van der Waals surface area contributed by atoms with Gasteiger partial charge in [-0.05, 0) is 38.0 Å². The van der Waals surface area contributed by atoms with E-state index < -0.39 is 28.5 Å². The molecular formula is C15H21F3N2O2S. The lowest BCUT2D eigenvalue weighted by Gasteiger charge is -2.39. The van der Waals surface area contributed by atoms with Gasteiger partial charge in [0.2, 0.25) is 0 Å². The number of carbonyl (C=O) groups excluding carboxylic acids is 1. The minimum Gasteiger partial charge on any atom is -0.380 e. The zero-order valence-electron chi connectivity index (χ0n) is 13.3. The number of alkyl halides is 3. The highest BCUT2D eigenvalue weighted by atomic mass is 32.2. The Kier molecular flexibility index (Phi) is 3.80. The van der Waals surface area contributed by atoms with Crippen LogP contribution in [0.5, 0.6) is 0 Å². The molecule has 1 aliphatic heterocycles. The normalized spacial score (nSPS) is 43.4. The summed E-state index contributed by atoms with van der Waals surface area (Å²) in [6.45, 7) is 5.64. The number of amides is 1. The van der Waals surface area contributed by atoms with Crippen LogP contribution < -0.4 is 5.32 Å². The fraction of sp³-hybridized carbons (Fsp3) is 0.867. The monoisotopic (exact) mass is 350 g/mol. The van der Waals surface area contributed by atoms with Crippen LogP contribution in [0.15, 0.2) is 4.99 Å². The molecule has 3 rings (SSSR count). The van der Waals surface area contributed by atoms with Crippen molar-refractivity contribution in [2.45, 2.75) is 62.6 Å². The second-order valence-electron chi connectivity index (χ2n) is 7.41. The lowest BCUT2D eigenvalue weighted by molar-refractivity contribution is -0.279. The molecule has 2 saturated carbocycles. The summed E-state index contributed by atoms with van der Waals surface area (Å²) in [7, 11) is 0. The van der Waals surface area contributed by atoms with Crippen molar-refractivity contribution in [2.75, 3.05) is 0 Å². The van der Waals surface area contributed by atoms with Gasteiger partial charge in [0.05, 0.1) is 0 Å². The summed E-state index contributed by atoms with van der Waals surface area (Å²) >= 11 is 1.28. The topological polar surface area (TPSA) is 61.7 Å². The van der Waals surface area contributed by atoms with Crippen LogP contribution in [0.1, 0.15) is 40.0 Å². The van der Waals surface area contributed by atoms with Gasteiger partial charge in [-0.1, -0.05) is 25.6 Å². The number of aliphatic hydroxyl groups is 1. The third kappa shape index (κ3) is 2.49. The second kappa shape index (κ2) is 5.12. The molecule has 4 nitrogen and oxygen atoms in total. The molecule has 2 N–H and O–H groups in total. The quantitative estimate of drug-likeness (QED) is 0.804. The number of aliphatic imine (C=N–C) groups is 1. The maximum Gasteiger partial charge on any atom is 0.417 e. The summed E-state index contributed by atoms with van der Waals surface area (Å²) in [5, 5.41) is 13.5. The Balaban J connectivity index is 1.74. The van der Waals surface area contributed by atoms with Crippen molar-refractivity contribution in [1.82, 2.24) is 5.32 Å². The van der Waals surface area contributed by atoms with Crippen LogP contribution in [0.3, 0.4) is 0 Å². The molecule has 2 bridgehead atoms. The Hall–Kier alpha value is -0.760. The molecule has 1 amide bonds. The fourth-order valence-electron chi connectivity index (χ4n) is 3.97. The van der Waals surface area contributed by atoms with Crippen molar-refractivity contribution in [2.24, 2.45) is 22.7 Å². The summed E-state index contributed by atoms with van der Waals surface area (Å²) in [6, 6.07) is -0.492. The number of halogens is 3. The van der Waals surface area contributed by atoms with Gasteiger partial charge in [-0.2, -0.15) is 18.2 Å². The highest BCUT2D eigenvalue weighted by Gasteiger charge is 2.67. The van der Waals surface area contributed by atoms with Gasteiger partial charge in [-0.15, -0.1) is 0 Å². The number of hydrogen-bond donors (Lipinski definition) is 2. The molecule has 23 heavy (non-hydrogen) atoms. The van der Waals surface area contributed by atoms with E-state index in [0.717, 1.165) is 0 Å². The van der Waals surface area contributed by atoms with E-state index in [0.29, 0.717) is 18.0 Å². The first kappa shape index (κ1) is 17.1. The number of rotatable bonds is 2. The lowest BCUT2D eigenvalue weighted by atomic mass is 9.80. The van der Waals surface area contributed by atoms with Crippen molar-refractivity contribution < 1.29 is 23.1 Å². The van der Waals surface area contributed by atoms with Crippen molar-refractivity contribution in [3.8, 4) is 0 Å². The predicted octanol–water partition coefficient (Wildman–Crippen LogP) is 2.71. The molecule has 8 heteroatoms. The first-order valence-corrected chi connectivity index (χ1v) is 8.67. The fourth-order valence-corrected chi connectivity index (χ4v) is 5.08. The average molecular weight is 350 g/mol. The predicted molar refractivity (Wildman–Crippen MR) is 82.0 cm³/mol. The molecular weight excluding hydrogens is 329 g/mol. The summed E-state index contributed by atoms with van der Waals surface area (Å²) in [4.78, 5) is 16.1. The smallest absolute Gasteiger partial charge is 0.380 e. The Bertz CT molecular complexity index is 565. The van der Waals surface area contributed by atoms with Crippen molar-refractivity contribution >= 4 is 22.8 Å². The highest BCUT2D eigenvalue weighted by molar-refractivity contribution is 8.16. The van der Waals surface area contributed by atoms with Crippen LogP contribution in [0.25, 0.3) is 0 Å². The van der Waals surface area contributed by atoms with Crippen molar-refractivity contribution in [3.05, 3.63) is 0 Å². The number of thioether (sulfide) groups is 1. The molecule has 1 heterocycles. The van der Waals surface area contributed by atoms with E-state index in [1.807, 2.05) is 13.8 Å². The number of nitrogens with zero attached hydrogens (tertiary/aromatic N) is 1. The number of amidine groups is 1. The maximum atomic E-state index is 13.2. The molecule has 5 unspecified atom stereocenters. The van der Waals surface area contributed by atoms with Gasteiger partial charge < -0.3 is 10.4 Å². The molecule has 2 aliphatic carbocycles. The minimum atomic E-state index is -4.63. The molecule has 5 atom stereocenters. The number of fused-ring (bicyclic) bond motifs is 2. The third-order valence-corrected chi connectivity index (χ3v) is 7.18. The molecule has 0 aromatic heterocycles. The molecule has 0 aromatic rings. The van der Waals surface area contributed by atoms with Gasteiger partial charge in [-0.3, -0.25) is 4.79 Å². The van der Waals surface area contributed by atoms with E-state index in [1.54, 1.807) is 6.92 Å². The second-order valence-corrected chi connectivity index (χ2v) is 8.85. The van der Waals surface area contributed by atoms with Crippen molar-refractivity contribution in [1.29, 1.82) is 0 Å². The van der Waals surface area contributed by atoms with Gasteiger partial charge >= 0.3 is 6.18 Å². The summed E-state index contributed by atoms with van der Waals surface area (Å²) in [5.41, 5.74) is -2.62. The largest absolute Gasteiger partial charge is 0.417 e. The SMILES string of the molecule is CC(C)C1(C)SC(NC2CC3CC2C(O)(C(F)(F)F)C3)=NC1=O. The zero-order chi connectivity index (χ0) is 17.2. The van der Waals surface area contributed by atoms with E-state index in [-0.39, 0.29) is 24.2 Å². The van der Waals surface area contributed by atoms with Gasteiger partial charge in [-0.25, -0.2) is 0 Å². The van der Waals surface area contributed by atoms with E-state index in [2.05, 4.69) is 10.3 Å². The Morgan fingerprint density at radius 1 is 1.39 bits per heavy atom. The van der Waals surface area contributed by atoms with Gasteiger partial charge in [0.15, 0.2) is 10.8 Å². The first-order valence-electron chi connectivity index (χ1n) is 7.85. The first-order chi connectivity index (χ1) is 10.5. The molecule has 0 saturated heterocycles. The maximum absolute atomic E-state index is 13.2. The van der Waals surface area contributed by atoms with Gasteiger partial charge in [0, 0.05) is 12.0 Å². The summed E-state index contributed by atoms with van der Waals surface area (Å²) in [5.74, 6) is -1.20. The summed E-state index contributed by atoms with van der Waals surface area (Å²) < 4.78 is 39.0. The van der Waals surface area contributed by atoms with E-state index in [9.17, 15) is 23.1 Å². The number of hydrogen-bond acceptors (Lipinski definition) is 4. The van der Waals surface area contributed by atoms with Crippen LogP contribution in [0, 0.1) is 17.8 Å². The zero-order valence-corrected chi connectivity index (χ0v) is 14.1. The Labute approximate surface area is 137 Å². The highest BCUT2D eigenvalue weighted by Crippen LogP contribution is 2.57. The van der Waals surface area contributed by atoms with Crippen LogP contribution in [0.2, 0.25) is 0 Å². The molecule has 0 radical (unpaired) electrons. The lowest BCUT2D eigenvalue weighted by Crippen LogP contribution is -2.56. The van der Waals surface area contributed by atoms with E-state index >= 15 is 0 Å². The average Bonchev–Trinajstić information content (AvgIpc) is 3.01. The van der Waals surface area contributed by atoms with E-state index in [1.165, 1.54) is 11.8 Å². The molecule has 3 aliphatic rings. The van der Waals surface area contributed by atoms with Crippen molar-refractivity contribution in [3.63, 3.8) is 0 Å². The molecule has 0 spiro atoms. The number of nitrogens with one attached hydrogen (secondary N) is 1. The van der Waals surface area contributed by atoms with Crippen LogP contribution in [-0.4, -0.2) is 38.7 Å². The third-order valence-electron chi connectivity index (χ3n) is 5.71. The van der Waals surface area contributed by atoms with Crippen LogP contribution >= 0.6 is 11.8 Å². The van der Waals surface area contributed by atoms with Crippen LogP contribution in [-0.2, 0) is 4.79 Å². The summed E-state index contributed by atoms with van der Waals surface area (Å²) in [6.07, 6.45) is -3.91. The molecule has 0 aromatic carbocycles. The minimum absolute atomic E-state index is 0.0650. The molecule has 2 fully saturated rings. The molecule has 130 valence electrons. The Morgan fingerprint density at radius 3 is 2.52 bits per heavy atom. The van der Waals surface area contributed by atoms with Gasteiger partial charge in [0.1, 0.15) is 4.75 Å². The number of carbonyl (C=O) groups is 1.